The van der Waals surface area contributed by atoms with Crippen LogP contribution in [0.2, 0.25) is 5.02 Å². The van der Waals surface area contributed by atoms with E-state index in [0.717, 1.165) is 16.5 Å². The molecule has 4 rings (SSSR count). The van der Waals surface area contributed by atoms with Gasteiger partial charge in [-0.25, -0.2) is 19.0 Å². The lowest BCUT2D eigenvalue weighted by Crippen LogP contribution is -2.20. The number of carbonyl (C=O) groups excluding carboxylic acids is 1. The van der Waals surface area contributed by atoms with Crippen LogP contribution in [0.4, 0.5) is 27.3 Å². The van der Waals surface area contributed by atoms with Crippen LogP contribution in [-0.2, 0) is 11.3 Å². The van der Waals surface area contributed by atoms with Crippen molar-refractivity contribution in [2.24, 2.45) is 0 Å². The average Bonchev–Trinajstić information content (AvgIpc) is 3.22. The SMILES string of the molecule is CCCSc1nn(CC(=O)Nc2cc3c(Nc4ccc(F)c(Cl)c4)ncnc3cc2NCCO)c(=S)s1. The summed E-state index contributed by atoms with van der Waals surface area (Å²) >= 11 is 14.3. The Hall–Kier alpha value is -2.84. The maximum absolute atomic E-state index is 13.6. The number of anilines is 4. The summed E-state index contributed by atoms with van der Waals surface area (Å²) in [4.78, 5) is 21.6. The van der Waals surface area contributed by atoms with Crippen LogP contribution >= 0.6 is 46.9 Å². The number of nitrogens with zero attached hydrogens (tertiary/aromatic N) is 4. The number of halogens is 2. The van der Waals surface area contributed by atoms with Crippen LogP contribution < -0.4 is 16.0 Å². The molecule has 9 nitrogen and oxygen atoms in total. The number of aromatic nitrogens is 4. The van der Waals surface area contributed by atoms with E-state index in [4.69, 9.17) is 23.8 Å². The lowest BCUT2D eigenvalue weighted by Gasteiger charge is -2.16. The van der Waals surface area contributed by atoms with Gasteiger partial charge in [0.05, 0.1) is 28.5 Å². The van der Waals surface area contributed by atoms with Crippen LogP contribution in [-0.4, -0.2) is 49.7 Å². The number of aliphatic hydroxyl groups is 1. The van der Waals surface area contributed by atoms with Crippen molar-refractivity contribution in [2.75, 3.05) is 34.9 Å². The smallest absolute Gasteiger partial charge is 0.246 e. The molecule has 194 valence electrons. The van der Waals surface area contributed by atoms with Crippen LogP contribution in [0.3, 0.4) is 0 Å². The van der Waals surface area contributed by atoms with Gasteiger partial charge in [0.25, 0.3) is 0 Å². The van der Waals surface area contributed by atoms with E-state index in [-0.39, 0.29) is 30.6 Å². The Labute approximate surface area is 230 Å². The first-order valence-electron chi connectivity index (χ1n) is 11.2. The van der Waals surface area contributed by atoms with Crippen molar-refractivity contribution in [3.05, 3.63) is 51.5 Å². The normalized spacial score (nSPS) is 11.0. The van der Waals surface area contributed by atoms with Crippen molar-refractivity contribution in [3.8, 4) is 0 Å². The summed E-state index contributed by atoms with van der Waals surface area (Å²) < 4.78 is 16.4. The second-order valence-electron chi connectivity index (χ2n) is 7.73. The Morgan fingerprint density at radius 2 is 2.11 bits per heavy atom. The fourth-order valence-electron chi connectivity index (χ4n) is 3.31. The molecule has 0 fully saturated rings. The second-order valence-corrected chi connectivity index (χ2v) is 11.1. The number of nitrogens with one attached hydrogen (secondary N) is 3. The van der Waals surface area contributed by atoms with E-state index >= 15 is 0 Å². The maximum atomic E-state index is 13.6. The van der Waals surface area contributed by atoms with Crippen LogP contribution in [0.5, 0.6) is 0 Å². The number of fused-ring (bicyclic) bond motifs is 1. The van der Waals surface area contributed by atoms with Crippen molar-refractivity contribution in [3.63, 3.8) is 0 Å². The standard InChI is InChI=1S/C23H23ClFN7O2S3/c1-2-7-36-22-31-32(23(35)37-22)11-20(34)30-19-9-14-17(10-18(19)26-5-6-33)27-12-28-21(14)29-13-3-4-16(25)15(24)8-13/h3-4,8-10,12,26,33H,2,5-7,11H2,1H3,(H,30,34)(H,27,28,29). The van der Waals surface area contributed by atoms with Crippen molar-refractivity contribution < 1.29 is 14.3 Å². The zero-order valence-corrected chi connectivity index (χ0v) is 22.8. The summed E-state index contributed by atoms with van der Waals surface area (Å²) in [6.07, 6.45) is 2.40. The Morgan fingerprint density at radius 1 is 1.27 bits per heavy atom. The fraction of sp³-hybridized carbons (Fsp3) is 0.261. The highest BCUT2D eigenvalue weighted by molar-refractivity contribution is 8.01. The molecule has 0 unspecified atom stereocenters. The van der Waals surface area contributed by atoms with E-state index in [1.165, 1.54) is 34.5 Å². The molecule has 0 saturated heterocycles. The highest BCUT2D eigenvalue weighted by Gasteiger charge is 2.15. The highest BCUT2D eigenvalue weighted by atomic mass is 35.5. The number of amides is 1. The minimum absolute atomic E-state index is 0.0243. The monoisotopic (exact) mass is 579 g/mol. The lowest BCUT2D eigenvalue weighted by molar-refractivity contribution is -0.116. The summed E-state index contributed by atoms with van der Waals surface area (Å²) in [6, 6.07) is 7.73. The van der Waals surface area contributed by atoms with Crippen molar-refractivity contribution >= 4 is 86.6 Å². The van der Waals surface area contributed by atoms with Gasteiger partial charge in [-0.3, -0.25) is 4.79 Å². The zero-order valence-electron chi connectivity index (χ0n) is 19.6. The summed E-state index contributed by atoms with van der Waals surface area (Å²) in [5.74, 6) is 0.516. The third-order valence-electron chi connectivity index (χ3n) is 4.97. The Morgan fingerprint density at radius 3 is 2.86 bits per heavy atom. The van der Waals surface area contributed by atoms with Gasteiger partial charge >= 0.3 is 0 Å². The number of hydrogen-bond donors (Lipinski definition) is 4. The van der Waals surface area contributed by atoms with Crippen LogP contribution in [0.1, 0.15) is 13.3 Å². The predicted molar refractivity (Wildman–Crippen MR) is 150 cm³/mol. The second kappa shape index (κ2) is 12.6. The van der Waals surface area contributed by atoms with Crippen LogP contribution in [0.25, 0.3) is 10.9 Å². The van der Waals surface area contributed by atoms with E-state index in [1.807, 2.05) is 0 Å². The van der Waals surface area contributed by atoms with Gasteiger partial charge in [0, 0.05) is 23.4 Å². The molecule has 0 saturated carbocycles. The van der Waals surface area contributed by atoms with Gasteiger partial charge in [-0.15, -0.1) is 0 Å². The molecule has 0 aliphatic heterocycles. The van der Waals surface area contributed by atoms with E-state index in [9.17, 15) is 14.3 Å². The molecule has 37 heavy (non-hydrogen) atoms. The van der Waals surface area contributed by atoms with E-state index in [2.05, 4.69) is 37.9 Å². The first-order valence-corrected chi connectivity index (χ1v) is 13.8. The number of rotatable bonds is 11. The van der Waals surface area contributed by atoms with Gasteiger partial charge in [-0.2, -0.15) is 5.10 Å². The maximum Gasteiger partial charge on any atom is 0.246 e. The number of carbonyl (C=O) groups is 1. The van der Waals surface area contributed by atoms with Gasteiger partial charge < -0.3 is 21.1 Å². The Kier molecular flexibility index (Phi) is 9.27. The molecule has 2 aromatic heterocycles. The molecule has 0 aliphatic carbocycles. The molecule has 2 aromatic carbocycles. The molecule has 2 heterocycles. The Bertz CT molecular complexity index is 1480. The summed E-state index contributed by atoms with van der Waals surface area (Å²) in [5, 5.41) is 23.5. The first kappa shape index (κ1) is 27.2. The number of hydrogen-bond acceptors (Lipinski definition) is 10. The minimum atomic E-state index is -0.527. The topological polar surface area (TPSA) is 117 Å². The highest BCUT2D eigenvalue weighted by Crippen LogP contribution is 2.32. The molecule has 4 aromatic rings. The summed E-state index contributed by atoms with van der Waals surface area (Å²) in [5.41, 5.74) is 2.16. The molecule has 0 radical (unpaired) electrons. The summed E-state index contributed by atoms with van der Waals surface area (Å²) in [6.45, 7) is 2.21. The lowest BCUT2D eigenvalue weighted by atomic mass is 10.1. The van der Waals surface area contributed by atoms with Gasteiger partial charge in [0.15, 0.2) is 8.29 Å². The largest absolute Gasteiger partial charge is 0.395 e. The van der Waals surface area contributed by atoms with Crippen molar-refractivity contribution in [1.29, 1.82) is 0 Å². The molecule has 0 spiro atoms. The molecule has 0 atom stereocenters. The molecular formula is C23H23ClFN7O2S3. The van der Waals surface area contributed by atoms with Crippen molar-refractivity contribution in [2.45, 2.75) is 24.2 Å². The van der Waals surface area contributed by atoms with E-state index in [1.54, 1.807) is 30.0 Å². The molecular weight excluding hydrogens is 557 g/mol. The quantitative estimate of drug-likeness (QED) is 0.131. The predicted octanol–water partition coefficient (Wildman–Crippen LogP) is 5.70. The third kappa shape index (κ3) is 6.93. The van der Waals surface area contributed by atoms with E-state index in [0.29, 0.717) is 37.7 Å². The van der Waals surface area contributed by atoms with Crippen molar-refractivity contribution in [1.82, 2.24) is 19.7 Å². The fourth-order valence-corrected chi connectivity index (χ4v) is 5.75. The van der Waals surface area contributed by atoms with E-state index < -0.39 is 5.82 Å². The van der Waals surface area contributed by atoms with Gasteiger partial charge in [-0.05, 0) is 49.0 Å². The first-order chi connectivity index (χ1) is 17.9. The van der Waals surface area contributed by atoms with Gasteiger partial charge in [-0.1, -0.05) is 41.6 Å². The molecule has 0 aliphatic rings. The van der Waals surface area contributed by atoms with Gasteiger partial charge in [0.2, 0.25) is 5.91 Å². The number of benzene rings is 2. The van der Waals surface area contributed by atoms with Gasteiger partial charge in [0.1, 0.15) is 24.5 Å². The minimum Gasteiger partial charge on any atom is -0.395 e. The molecule has 14 heteroatoms. The average molecular weight is 580 g/mol. The molecule has 0 bridgehead atoms. The van der Waals surface area contributed by atoms with Crippen LogP contribution in [0.15, 0.2) is 41.0 Å². The number of thioether (sulfide) groups is 1. The molecule has 1 amide bonds. The zero-order chi connectivity index (χ0) is 26.4. The Balaban J connectivity index is 1.63. The third-order valence-corrected chi connectivity index (χ3v) is 7.91. The number of aliphatic hydroxyl groups excluding tert-OH is 1. The summed E-state index contributed by atoms with van der Waals surface area (Å²) in [7, 11) is 0. The van der Waals surface area contributed by atoms with Crippen LogP contribution in [0, 0.1) is 9.77 Å². The molecule has 4 N–H and O–H groups in total.